The third kappa shape index (κ3) is 6.79. The number of amides is 1. The van der Waals surface area contributed by atoms with Crippen LogP contribution < -0.4 is 10.2 Å². The largest absolute Gasteiger partial charge is 0.416 e. The molecule has 1 amide bonds. The van der Waals surface area contributed by atoms with E-state index in [-0.39, 0.29) is 5.91 Å². The van der Waals surface area contributed by atoms with Gasteiger partial charge in [-0.05, 0) is 30.0 Å². The summed E-state index contributed by atoms with van der Waals surface area (Å²) in [7, 11) is 0. The minimum atomic E-state index is -4.40. The maximum absolute atomic E-state index is 13.6. The number of hydrogen-bond donors (Lipinski definition) is 1. The second kappa shape index (κ2) is 12.3. The van der Waals surface area contributed by atoms with Crippen LogP contribution in [0.1, 0.15) is 29.5 Å². The molecule has 1 aromatic heterocycles. The van der Waals surface area contributed by atoms with Crippen molar-refractivity contribution in [2.75, 3.05) is 57.3 Å². The Kier molecular flexibility index (Phi) is 8.66. The van der Waals surface area contributed by atoms with Gasteiger partial charge in [0, 0.05) is 70.2 Å². The fraction of sp³-hybridized carbons (Fsp3) is 0.433. The molecule has 0 atom stereocenters. The van der Waals surface area contributed by atoms with Crippen LogP contribution >= 0.6 is 0 Å². The van der Waals surface area contributed by atoms with Gasteiger partial charge in [-0.15, -0.1) is 0 Å². The van der Waals surface area contributed by atoms with Crippen molar-refractivity contribution in [2.45, 2.75) is 31.0 Å². The zero-order valence-electron chi connectivity index (χ0n) is 22.5. The molecule has 1 N–H and O–H groups in total. The highest BCUT2D eigenvalue weighted by molar-refractivity contribution is 5.78. The number of hydrogen-bond acceptors (Lipinski definition) is 6. The molecule has 0 radical (unpaired) electrons. The van der Waals surface area contributed by atoms with Crippen LogP contribution in [0.3, 0.4) is 0 Å². The third-order valence-electron chi connectivity index (χ3n) is 8.12. The van der Waals surface area contributed by atoms with E-state index in [0.29, 0.717) is 51.1 Å². The van der Waals surface area contributed by atoms with Gasteiger partial charge < -0.3 is 15.1 Å². The number of nitrogens with one attached hydrogen (secondary N) is 1. The minimum absolute atomic E-state index is 0.0721. The fourth-order valence-corrected chi connectivity index (χ4v) is 5.70. The predicted octanol–water partition coefficient (Wildman–Crippen LogP) is 3.97. The quantitative estimate of drug-likeness (QED) is 0.457. The lowest BCUT2D eigenvalue weighted by molar-refractivity contribution is -0.137. The summed E-state index contributed by atoms with van der Waals surface area (Å²) in [5.74, 6) is 0.916. The minimum Gasteiger partial charge on any atom is -0.353 e. The van der Waals surface area contributed by atoms with Gasteiger partial charge in [-0.2, -0.15) is 13.2 Å². The number of benzene rings is 2. The lowest BCUT2D eigenvalue weighted by Gasteiger charge is -2.43. The number of rotatable bonds is 8. The first-order valence-electron chi connectivity index (χ1n) is 13.8. The number of alkyl halides is 3. The van der Waals surface area contributed by atoms with Crippen molar-refractivity contribution in [3.8, 4) is 0 Å². The number of carbonyl (C=O) groups is 1. The van der Waals surface area contributed by atoms with E-state index in [2.05, 4.69) is 25.1 Å². The van der Waals surface area contributed by atoms with E-state index in [1.165, 1.54) is 12.1 Å². The van der Waals surface area contributed by atoms with Crippen LogP contribution in [0.2, 0.25) is 0 Å². The van der Waals surface area contributed by atoms with Gasteiger partial charge in [0.15, 0.2) is 0 Å². The van der Waals surface area contributed by atoms with Gasteiger partial charge in [0.05, 0.1) is 18.3 Å². The van der Waals surface area contributed by atoms with E-state index in [1.54, 1.807) is 24.7 Å². The molecule has 5 rings (SSSR count). The van der Waals surface area contributed by atoms with Gasteiger partial charge in [-0.1, -0.05) is 48.5 Å². The van der Waals surface area contributed by atoms with Crippen molar-refractivity contribution in [3.05, 3.63) is 89.9 Å². The van der Waals surface area contributed by atoms with Crippen LogP contribution in [0.15, 0.2) is 73.2 Å². The number of carbonyl (C=O) groups excluding carboxylic acids is 1. The second-order valence-electron chi connectivity index (χ2n) is 10.7. The first-order valence-corrected chi connectivity index (χ1v) is 13.8. The normalized spacial score (nSPS) is 18.1. The molecular formula is C30H35F3N6O. The molecule has 3 heterocycles. The molecule has 0 unspecified atom stereocenters. The van der Waals surface area contributed by atoms with Crippen molar-refractivity contribution in [1.29, 1.82) is 0 Å². The number of likely N-dealkylation sites (tertiary alicyclic amines) is 1. The number of nitrogens with zero attached hydrogens (tertiary/aromatic N) is 5. The molecule has 3 aromatic rings. The van der Waals surface area contributed by atoms with E-state index in [4.69, 9.17) is 0 Å². The van der Waals surface area contributed by atoms with Crippen LogP contribution in [0.5, 0.6) is 0 Å². The molecule has 0 spiro atoms. The van der Waals surface area contributed by atoms with Gasteiger partial charge in [-0.25, -0.2) is 4.98 Å². The lowest BCUT2D eigenvalue weighted by atomic mass is 9.72. The first-order chi connectivity index (χ1) is 19.3. The summed E-state index contributed by atoms with van der Waals surface area (Å²) in [5, 5.41) is 3.49. The van der Waals surface area contributed by atoms with E-state index < -0.39 is 17.2 Å². The molecule has 40 heavy (non-hydrogen) atoms. The molecule has 10 heteroatoms. The van der Waals surface area contributed by atoms with Gasteiger partial charge in [-0.3, -0.25) is 14.7 Å². The molecule has 0 bridgehead atoms. The predicted molar refractivity (Wildman–Crippen MR) is 148 cm³/mol. The summed E-state index contributed by atoms with van der Waals surface area (Å²) in [6.07, 6.45) is 1.88. The molecule has 2 aliphatic heterocycles. The van der Waals surface area contributed by atoms with Crippen LogP contribution in [-0.2, 0) is 22.9 Å². The number of halogens is 3. The molecule has 212 valence electrons. The Morgan fingerprint density at radius 3 is 2.35 bits per heavy atom. The van der Waals surface area contributed by atoms with Crippen molar-refractivity contribution < 1.29 is 18.0 Å². The van der Waals surface area contributed by atoms with Crippen LogP contribution in [-0.4, -0.2) is 78.0 Å². The monoisotopic (exact) mass is 552 g/mol. The van der Waals surface area contributed by atoms with E-state index in [9.17, 15) is 18.0 Å². The number of anilines is 1. The number of aromatic nitrogens is 2. The van der Waals surface area contributed by atoms with E-state index in [1.807, 2.05) is 35.2 Å². The zero-order chi connectivity index (χ0) is 28.0. The molecule has 7 nitrogen and oxygen atoms in total. The summed E-state index contributed by atoms with van der Waals surface area (Å²) in [6.45, 7) is 5.61. The van der Waals surface area contributed by atoms with Gasteiger partial charge in [0.1, 0.15) is 5.82 Å². The molecule has 0 aliphatic carbocycles. The van der Waals surface area contributed by atoms with Crippen molar-refractivity contribution in [1.82, 2.24) is 25.1 Å². The lowest BCUT2D eigenvalue weighted by Crippen LogP contribution is -2.53. The highest BCUT2D eigenvalue weighted by Gasteiger charge is 2.39. The summed E-state index contributed by atoms with van der Waals surface area (Å²) >= 11 is 0. The molecule has 2 aliphatic rings. The highest BCUT2D eigenvalue weighted by atomic mass is 19.4. The SMILES string of the molecule is O=C(CN1CCN(c2cnccn2)CC1)N1CCC(CNCc2ccccc2)(c2cccc(C(F)(F)F)c2)CC1. The number of piperazine rings is 1. The maximum atomic E-state index is 13.6. The summed E-state index contributed by atoms with van der Waals surface area (Å²) in [4.78, 5) is 27.9. The second-order valence-corrected chi connectivity index (χ2v) is 10.7. The molecule has 2 fully saturated rings. The molecule has 0 saturated carbocycles. The summed E-state index contributed by atoms with van der Waals surface area (Å²) in [6, 6.07) is 15.7. The Labute approximate surface area is 233 Å². The highest BCUT2D eigenvalue weighted by Crippen LogP contribution is 2.38. The molecule has 2 aromatic carbocycles. The Morgan fingerprint density at radius 1 is 0.925 bits per heavy atom. The van der Waals surface area contributed by atoms with Gasteiger partial charge in [0.2, 0.25) is 5.91 Å². The Bertz CT molecular complexity index is 1240. The topological polar surface area (TPSA) is 64.6 Å². The van der Waals surface area contributed by atoms with E-state index >= 15 is 0 Å². The van der Waals surface area contributed by atoms with Crippen molar-refractivity contribution >= 4 is 11.7 Å². The molecular weight excluding hydrogens is 517 g/mol. The van der Waals surface area contributed by atoms with Gasteiger partial charge in [0.25, 0.3) is 0 Å². The zero-order valence-corrected chi connectivity index (χ0v) is 22.5. The summed E-state index contributed by atoms with van der Waals surface area (Å²) < 4.78 is 40.7. The standard InChI is InChI=1S/C30H35F3N6O/c31-30(32,33)26-8-4-7-25(19-26)29(23-35-20-24-5-2-1-3-6-24)9-13-39(14-10-29)28(40)22-37-15-17-38(18-16-37)27-21-34-11-12-36-27/h1-8,11-12,19,21,35H,9-10,13-18,20,22-23H2. The fourth-order valence-electron chi connectivity index (χ4n) is 5.70. The maximum Gasteiger partial charge on any atom is 0.416 e. The van der Waals surface area contributed by atoms with Crippen LogP contribution in [0, 0.1) is 0 Å². The summed E-state index contributed by atoms with van der Waals surface area (Å²) in [5.41, 5.74) is 0.671. The Morgan fingerprint density at radius 2 is 1.68 bits per heavy atom. The smallest absolute Gasteiger partial charge is 0.353 e. The average Bonchev–Trinajstić information content (AvgIpc) is 2.98. The average molecular weight is 553 g/mol. The first kappa shape index (κ1) is 28.0. The van der Waals surface area contributed by atoms with Crippen molar-refractivity contribution in [3.63, 3.8) is 0 Å². The van der Waals surface area contributed by atoms with E-state index in [0.717, 1.165) is 43.6 Å². The Balaban J connectivity index is 1.21. The Hall–Kier alpha value is -3.50. The van der Waals surface area contributed by atoms with Crippen LogP contribution in [0.4, 0.5) is 19.0 Å². The van der Waals surface area contributed by atoms with Gasteiger partial charge >= 0.3 is 6.18 Å². The number of piperidine rings is 1. The molecule has 2 saturated heterocycles. The van der Waals surface area contributed by atoms with Crippen LogP contribution in [0.25, 0.3) is 0 Å². The third-order valence-corrected chi connectivity index (χ3v) is 8.12. The van der Waals surface area contributed by atoms with Crippen molar-refractivity contribution in [2.24, 2.45) is 0 Å².